The van der Waals surface area contributed by atoms with Gasteiger partial charge < -0.3 is 14.9 Å². The smallest absolute Gasteiger partial charge is 0.0466 e. The zero-order chi connectivity index (χ0) is 16.8. The minimum atomic E-state index is 0.349. The standard InChI is InChI=1S/C20H42O3/c21-17-13-9-5-1-3-7-11-15-19-23-20-16-12-8-4-2-6-10-14-18-22/h21-22H,1-20H2. The van der Waals surface area contributed by atoms with Gasteiger partial charge in [0.25, 0.3) is 0 Å². The largest absolute Gasteiger partial charge is 0.396 e. The summed E-state index contributed by atoms with van der Waals surface area (Å²) in [6, 6.07) is 0. The molecule has 0 spiro atoms. The zero-order valence-corrected chi connectivity index (χ0v) is 15.4. The van der Waals surface area contributed by atoms with Crippen LogP contribution in [0, 0.1) is 0 Å². The summed E-state index contributed by atoms with van der Waals surface area (Å²) in [6.45, 7) is 2.57. The van der Waals surface area contributed by atoms with E-state index in [1.807, 2.05) is 0 Å². The monoisotopic (exact) mass is 330 g/mol. The Hall–Kier alpha value is -0.120. The van der Waals surface area contributed by atoms with Gasteiger partial charge >= 0.3 is 0 Å². The second-order valence-corrected chi connectivity index (χ2v) is 6.72. The molecule has 140 valence electrons. The van der Waals surface area contributed by atoms with Gasteiger partial charge in [0, 0.05) is 26.4 Å². The lowest BCUT2D eigenvalue weighted by molar-refractivity contribution is 0.125. The third-order valence-corrected chi connectivity index (χ3v) is 4.39. The van der Waals surface area contributed by atoms with Crippen LogP contribution in [0.1, 0.15) is 103 Å². The predicted molar refractivity (Wildman–Crippen MR) is 98.9 cm³/mol. The fraction of sp³-hybridized carbons (Fsp3) is 1.00. The predicted octanol–water partition coefficient (Wildman–Crippen LogP) is 5.23. The summed E-state index contributed by atoms with van der Waals surface area (Å²) in [5.41, 5.74) is 0. The highest BCUT2D eigenvalue weighted by Crippen LogP contribution is 2.10. The molecule has 0 aromatic heterocycles. The van der Waals surface area contributed by atoms with Gasteiger partial charge in [0.1, 0.15) is 0 Å². The van der Waals surface area contributed by atoms with Crippen molar-refractivity contribution in [1.29, 1.82) is 0 Å². The molecule has 0 heterocycles. The van der Waals surface area contributed by atoms with Gasteiger partial charge in [-0.25, -0.2) is 0 Å². The van der Waals surface area contributed by atoms with Crippen molar-refractivity contribution < 1.29 is 14.9 Å². The van der Waals surface area contributed by atoms with E-state index in [4.69, 9.17) is 14.9 Å². The van der Waals surface area contributed by atoms with E-state index in [2.05, 4.69) is 0 Å². The zero-order valence-electron chi connectivity index (χ0n) is 15.4. The molecule has 3 nitrogen and oxygen atoms in total. The molecule has 0 saturated carbocycles. The van der Waals surface area contributed by atoms with E-state index in [9.17, 15) is 0 Å². The Kier molecular flexibility index (Phi) is 21.8. The number of aliphatic hydroxyl groups excluding tert-OH is 2. The Morgan fingerprint density at radius 2 is 0.609 bits per heavy atom. The Bertz CT molecular complexity index is 177. The van der Waals surface area contributed by atoms with Crippen LogP contribution in [0.4, 0.5) is 0 Å². The van der Waals surface area contributed by atoms with E-state index < -0.39 is 0 Å². The van der Waals surface area contributed by atoms with E-state index in [0.29, 0.717) is 13.2 Å². The highest BCUT2D eigenvalue weighted by molar-refractivity contribution is 4.48. The van der Waals surface area contributed by atoms with Gasteiger partial charge in [-0.05, 0) is 25.7 Å². The number of rotatable bonds is 20. The molecule has 0 aromatic carbocycles. The maximum absolute atomic E-state index is 8.69. The third kappa shape index (κ3) is 21.9. The van der Waals surface area contributed by atoms with Crippen LogP contribution in [0.3, 0.4) is 0 Å². The summed E-state index contributed by atoms with van der Waals surface area (Å²) >= 11 is 0. The Labute approximate surface area is 144 Å². The molecule has 0 atom stereocenters. The third-order valence-electron chi connectivity index (χ3n) is 4.39. The average Bonchev–Trinajstić information content (AvgIpc) is 2.57. The van der Waals surface area contributed by atoms with Gasteiger partial charge in [0.2, 0.25) is 0 Å². The minimum absolute atomic E-state index is 0.349. The number of unbranched alkanes of at least 4 members (excludes halogenated alkanes) is 14. The fourth-order valence-corrected chi connectivity index (χ4v) is 2.86. The topological polar surface area (TPSA) is 49.7 Å². The van der Waals surface area contributed by atoms with E-state index in [0.717, 1.165) is 26.1 Å². The van der Waals surface area contributed by atoms with Crippen LogP contribution in [-0.2, 0) is 4.74 Å². The summed E-state index contributed by atoms with van der Waals surface area (Å²) in [4.78, 5) is 0. The van der Waals surface area contributed by atoms with Crippen molar-refractivity contribution >= 4 is 0 Å². The van der Waals surface area contributed by atoms with Crippen LogP contribution in [-0.4, -0.2) is 36.6 Å². The molecule has 2 N–H and O–H groups in total. The van der Waals surface area contributed by atoms with Crippen molar-refractivity contribution in [2.45, 2.75) is 103 Å². The van der Waals surface area contributed by atoms with Crippen LogP contribution in [0.15, 0.2) is 0 Å². The molecule has 0 aromatic rings. The first-order chi connectivity index (χ1) is 11.4. The van der Waals surface area contributed by atoms with Gasteiger partial charge in [-0.2, -0.15) is 0 Å². The molecule has 0 unspecified atom stereocenters. The lowest BCUT2D eigenvalue weighted by atomic mass is 10.1. The van der Waals surface area contributed by atoms with Crippen LogP contribution in [0.2, 0.25) is 0 Å². The second-order valence-electron chi connectivity index (χ2n) is 6.72. The number of hydrogen-bond acceptors (Lipinski definition) is 3. The van der Waals surface area contributed by atoms with Gasteiger partial charge in [0.15, 0.2) is 0 Å². The van der Waals surface area contributed by atoms with Gasteiger partial charge in [-0.1, -0.05) is 77.0 Å². The van der Waals surface area contributed by atoms with E-state index in [-0.39, 0.29) is 0 Å². The number of hydrogen-bond donors (Lipinski definition) is 2. The SMILES string of the molecule is OCCCCCCCCCCOCCCCCCCCCCO. The van der Waals surface area contributed by atoms with E-state index in [1.165, 1.54) is 89.9 Å². The lowest BCUT2D eigenvalue weighted by Gasteiger charge is -2.05. The summed E-state index contributed by atoms with van der Waals surface area (Å²) in [5.74, 6) is 0. The Balaban J connectivity index is 2.92. The van der Waals surface area contributed by atoms with Crippen LogP contribution in [0.5, 0.6) is 0 Å². The second kappa shape index (κ2) is 21.9. The molecule has 0 amide bonds. The van der Waals surface area contributed by atoms with E-state index in [1.54, 1.807) is 0 Å². The molecule has 0 aliphatic heterocycles. The first-order valence-corrected chi connectivity index (χ1v) is 10.2. The van der Waals surface area contributed by atoms with Crippen molar-refractivity contribution in [3.63, 3.8) is 0 Å². The summed E-state index contributed by atoms with van der Waals surface area (Å²) in [5, 5.41) is 17.4. The molecule has 0 aliphatic rings. The van der Waals surface area contributed by atoms with Gasteiger partial charge in [-0.15, -0.1) is 0 Å². The number of aliphatic hydroxyl groups is 2. The summed E-state index contributed by atoms with van der Waals surface area (Å²) < 4.78 is 5.70. The molecular weight excluding hydrogens is 288 g/mol. The maximum Gasteiger partial charge on any atom is 0.0466 e. The average molecular weight is 331 g/mol. The molecule has 0 saturated heterocycles. The quantitative estimate of drug-likeness (QED) is 0.301. The van der Waals surface area contributed by atoms with Gasteiger partial charge in [0.05, 0.1) is 0 Å². The van der Waals surface area contributed by atoms with Crippen LogP contribution < -0.4 is 0 Å². The number of ether oxygens (including phenoxy) is 1. The summed E-state index contributed by atoms with van der Waals surface area (Å²) in [6.07, 6.45) is 19.9. The first kappa shape index (κ1) is 22.9. The Morgan fingerprint density at radius 3 is 0.913 bits per heavy atom. The van der Waals surface area contributed by atoms with Crippen molar-refractivity contribution in [2.24, 2.45) is 0 Å². The first-order valence-electron chi connectivity index (χ1n) is 10.2. The van der Waals surface area contributed by atoms with Crippen molar-refractivity contribution in [2.75, 3.05) is 26.4 Å². The lowest BCUT2D eigenvalue weighted by Crippen LogP contribution is -1.97. The molecule has 23 heavy (non-hydrogen) atoms. The maximum atomic E-state index is 8.69. The highest BCUT2D eigenvalue weighted by Gasteiger charge is 1.94. The molecule has 0 rings (SSSR count). The molecule has 0 radical (unpaired) electrons. The van der Waals surface area contributed by atoms with Crippen LogP contribution >= 0.6 is 0 Å². The molecular formula is C20H42O3. The summed E-state index contributed by atoms with van der Waals surface area (Å²) in [7, 11) is 0. The van der Waals surface area contributed by atoms with Gasteiger partial charge in [-0.3, -0.25) is 0 Å². The molecule has 0 bridgehead atoms. The van der Waals surface area contributed by atoms with Crippen molar-refractivity contribution in [3.8, 4) is 0 Å². The minimum Gasteiger partial charge on any atom is -0.396 e. The molecule has 0 aliphatic carbocycles. The normalized spacial score (nSPS) is 11.2. The van der Waals surface area contributed by atoms with Crippen LogP contribution in [0.25, 0.3) is 0 Å². The van der Waals surface area contributed by atoms with E-state index >= 15 is 0 Å². The highest BCUT2D eigenvalue weighted by atomic mass is 16.5. The fourth-order valence-electron chi connectivity index (χ4n) is 2.86. The molecule has 0 fully saturated rings. The van der Waals surface area contributed by atoms with Crippen molar-refractivity contribution in [3.05, 3.63) is 0 Å². The Morgan fingerprint density at radius 1 is 0.348 bits per heavy atom. The molecule has 3 heteroatoms. The van der Waals surface area contributed by atoms with Crippen molar-refractivity contribution in [1.82, 2.24) is 0 Å².